The van der Waals surface area contributed by atoms with Crippen molar-refractivity contribution in [2.24, 2.45) is 0 Å². The Kier molecular flexibility index (Phi) is 2.81. The van der Waals surface area contributed by atoms with Gasteiger partial charge in [-0.3, -0.25) is 4.79 Å². The standard InChI is InChI=1S/C13H11NO3/c1-9-2-3-12-11(6-9)10(8-15)4-5-14(12)7-13(16)17/h2-6H,7H2,1H3,(H,16,17). The van der Waals surface area contributed by atoms with Crippen molar-refractivity contribution >= 4 is 23.2 Å². The van der Waals surface area contributed by atoms with E-state index in [1.807, 2.05) is 31.1 Å². The second-order valence-corrected chi connectivity index (χ2v) is 3.87. The minimum absolute atomic E-state index is 0.126. The van der Waals surface area contributed by atoms with Gasteiger partial charge in [-0.05, 0) is 25.1 Å². The minimum atomic E-state index is -0.917. The van der Waals surface area contributed by atoms with Gasteiger partial charge in [0.1, 0.15) is 12.5 Å². The number of carbonyl (C=O) groups is 1. The summed E-state index contributed by atoms with van der Waals surface area (Å²) in [4.78, 5) is 23.1. The number of aliphatic carboxylic acids is 1. The topological polar surface area (TPSA) is 57.6 Å². The monoisotopic (exact) mass is 229 g/mol. The lowest BCUT2D eigenvalue weighted by Crippen LogP contribution is -2.26. The summed E-state index contributed by atoms with van der Waals surface area (Å²) in [5.41, 5.74) is 2.91. The van der Waals surface area contributed by atoms with E-state index in [4.69, 9.17) is 5.11 Å². The van der Waals surface area contributed by atoms with E-state index in [1.54, 1.807) is 17.2 Å². The smallest absolute Gasteiger partial charge is 0.323 e. The number of nitrogens with zero attached hydrogens (tertiary/aromatic N) is 1. The number of aryl methyl sites for hydroxylation is 1. The van der Waals surface area contributed by atoms with Crippen LogP contribution in [0.5, 0.6) is 0 Å². The molecule has 0 aromatic heterocycles. The Morgan fingerprint density at radius 2 is 2.24 bits per heavy atom. The molecule has 1 aromatic carbocycles. The lowest BCUT2D eigenvalue weighted by molar-refractivity contribution is -0.135. The summed E-state index contributed by atoms with van der Waals surface area (Å²) >= 11 is 0. The Bertz CT molecular complexity index is 554. The van der Waals surface area contributed by atoms with Gasteiger partial charge in [0.05, 0.1) is 5.57 Å². The molecule has 0 radical (unpaired) electrons. The number of carboxylic acid groups (broad SMARTS) is 1. The van der Waals surface area contributed by atoms with Crippen molar-refractivity contribution in [2.45, 2.75) is 6.92 Å². The molecule has 4 heteroatoms. The highest BCUT2D eigenvalue weighted by Crippen LogP contribution is 2.31. The van der Waals surface area contributed by atoms with E-state index >= 15 is 0 Å². The van der Waals surface area contributed by atoms with Crippen molar-refractivity contribution in [1.82, 2.24) is 0 Å². The summed E-state index contributed by atoms with van der Waals surface area (Å²) < 4.78 is 0. The van der Waals surface area contributed by atoms with Crippen molar-refractivity contribution in [3.05, 3.63) is 41.6 Å². The highest BCUT2D eigenvalue weighted by molar-refractivity contribution is 6.00. The molecule has 0 aliphatic carbocycles. The van der Waals surface area contributed by atoms with Gasteiger partial charge in [-0.25, -0.2) is 4.79 Å². The fraction of sp³-hybridized carbons (Fsp3) is 0.154. The van der Waals surface area contributed by atoms with Crippen LogP contribution < -0.4 is 4.90 Å². The zero-order valence-electron chi connectivity index (χ0n) is 9.30. The summed E-state index contributed by atoms with van der Waals surface area (Å²) in [5.74, 6) is 0.950. The van der Waals surface area contributed by atoms with E-state index in [2.05, 4.69) is 0 Å². The zero-order valence-corrected chi connectivity index (χ0v) is 9.30. The molecule has 1 aliphatic heterocycles. The Balaban J connectivity index is 2.52. The van der Waals surface area contributed by atoms with Crippen molar-refractivity contribution in [1.29, 1.82) is 0 Å². The second kappa shape index (κ2) is 4.28. The Morgan fingerprint density at radius 1 is 1.47 bits per heavy atom. The third kappa shape index (κ3) is 2.12. The van der Waals surface area contributed by atoms with Crippen LogP contribution in [0.15, 0.2) is 30.5 Å². The van der Waals surface area contributed by atoms with Gasteiger partial charge in [0.2, 0.25) is 0 Å². The van der Waals surface area contributed by atoms with Crippen LogP contribution in [0, 0.1) is 6.92 Å². The maximum absolute atomic E-state index is 10.8. The van der Waals surface area contributed by atoms with Crippen LogP contribution in [0.1, 0.15) is 11.1 Å². The normalized spacial score (nSPS) is 13.2. The van der Waals surface area contributed by atoms with Gasteiger partial charge in [-0.2, -0.15) is 0 Å². The number of fused-ring (bicyclic) bond motifs is 1. The van der Waals surface area contributed by atoms with Crippen LogP contribution in [0.25, 0.3) is 5.57 Å². The first-order chi connectivity index (χ1) is 8.11. The quantitative estimate of drug-likeness (QED) is 0.783. The van der Waals surface area contributed by atoms with Gasteiger partial charge in [0, 0.05) is 17.5 Å². The molecule has 1 heterocycles. The number of anilines is 1. The summed E-state index contributed by atoms with van der Waals surface area (Å²) in [7, 11) is 0. The van der Waals surface area contributed by atoms with E-state index in [-0.39, 0.29) is 6.54 Å². The molecule has 0 saturated heterocycles. The van der Waals surface area contributed by atoms with Crippen molar-refractivity contribution < 1.29 is 14.7 Å². The number of carboxylic acids is 1. The Hall–Kier alpha value is -2.32. The average molecular weight is 229 g/mol. The van der Waals surface area contributed by atoms with Gasteiger partial charge in [0.15, 0.2) is 0 Å². The molecule has 0 saturated carbocycles. The average Bonchev–Trinajstić information content (AvgIpc) is 2.28. The van der Waals surface area contributed by atoms with Crippen LogP contribution in [-0.2, 0) is 9.59 Å². The second-order valence-electron chi connectivity index (χ2n) is 3.87. The highest BCUT2D eigenvalue weighted by atomic mass is 16.4. The zero-order chi connectivity index (χ0) is 12.4. The third-order valence-corrected chi connectivity index (χ3v) is 2.59. The molecule has 0 unspecified atom stereocenters. The molecule has 0 fully saturated rings. The van der Waals surface area contributed by atoms with Gasteiger partial charge in [0.25, 0.3) is 0 Å². The summed E-state index contributed by atoms with van der Waals surface area (Å²) in [5, 5.41) is 8.81. The Morgan fingerprint density at radius 3 is 2.88 bits per heavy atom. The first-order valence-electron chi connectivity index (χ1n) is 5.14. The summed E-state index contributed by atoms with van der Waals surface area (Å²) in [6, 6.07) is 5.55. The van der Waals surface area contributed by atoms with Crippen molar-refractivity contribution in [2.75, 3.05) is 11.4 Å². The van der Waals surface area contributed by atoms with E-state index < -0.39 is 5.97 Å². The molecule has 4 nitrogen and oxygen atoms in total. The molecular weight excluding hydrogens is 218 g/mol. The van der Waals surface area contributed by atoms with Gasteiger partial charge >= 0.3 is 5.97 Å². The molecule has 86 valence electrons. The summed E-state index contributed by atoms with van der Waals surface area (Å²) in [6.07, 6.45) is 3.17. The lowest BCUT2D eigenvalue weighted by Gasteiger charge is -2.25. The molecule has 0 atom stereocenters. The van der Waals surface area contributed by atoms with Crippen LogP contribution >= 0.6 is 0 Å². The number of carbonyl (C=O) groups excluding carboxylic acids is 1. The number of benzene rings is 1. The molecule has 2 rings (SSSR count). The fourth-order valence-corrected chi connectivity index (χ4v) is 1.82. The number of allylic oxidation sites excluding steroid dienone is 2. The third-order valence-electron chi connectivity index (χ3n) is 2.59. The van der Waals surface area contributed by atoms with Crippen LogP contribution in [0.4, 0.5) is 5.69 Å². The predicted molar refractivity (Wildman–Crippen MR) is 64.4 cm³/mol. The highest BCUT2D eigenvalue weighted by Gasteiger charge is 2.18. The molecule has 0 amide bonds. The SMILES string of the molecule is Cc1ccc2c(c1)C(=C=O)C=CN2CC(=O)O. The number of hydrogen-bond acceptors (Lipinski definition) is 3. The lowest BCUT2D eigenvalue weighted by atomic mass is 9.99. The summed E-state index contributed by atoms with van der Waals surface area (Å²) in [6.45, 7) is 1.79. The van der Waals surface area contributed by atoms with Crippen LogP contribution in [0.2, 0.25) is 0 Å². The number of rotatable bonds is 2. The van der Waals surface area contributed by atoms with Crippen LogP contribution in [-0.4, -0.2) is 23.6 Å². The van der Waals surface area contributed by atoms with Gasteiger partial charge in [-0.1, -0.05) is 11.6 Å². The van der Waals surface area contributed by atoms with Crippen molar-refractivity contribution in [3.8, 4) is 0 Å². The molecule has 17 heavy (non-hydrogen) atoms. The van der Waals surface area contributed by atoms with E-state index in [0.29, 0.717) is 5.57 Å². The van der Waals surface area contributed by atoms with Gasteiger partial charge in [-0.15, -0.1) is 0 Å². The van der Waals surface area contributed by atoms with E-state index in [1.165, 1.54) is 0 Å². The minimum Gasteiger partial charge on any atom is -0.480 e. The maximum atomic E-state index is 10.8. The molecule has 0 spiro atoms. The first-order valence-corrected chi connectivity index (χ1v) is 5.14. The molecular formula is C13H11NO3. The molecule has 1 aromatic rings. The molecule has 0 bridgehead atoms. The predicted octanol–water partition coefficient (Wildman–Crippen LogP) is 1.63. The van der Waals surface area contributed by atoms with Crippen LogP contribution in [0.3, 0.4) is 0 Å². The first kappa shape index (κ1) is 11.2. The number of hydrogen-bond donors (Lipinski definition) is 1. The van der Waals surface area contributed by atoms with Crippen molar-refractivity contribution in [3.63, 3.8) is 0 Å². The van der Waals surface area contributed by atoms with E-state index in [0.717, 1.165) is 16.8 Å². The fourth-order valence-electron chi connectivity index (χ4n) is 1.82. The Labute approximate surface area is 98.5 Å². The maximum Gasteiger partial charge on any atom is 0.323 e. The van der Waals surface area contributed by atoms with Gasteiger partial charge < -0.3 is 10.0 Å². The molecule has 1 aliphatic rings. The largest absolute Gasteiger partial charge is 0.480 e. The van der Waals surface area contributed by atoms with E-state index in [9.17, 15) is 9.59 Å². The molecule has 1 N–H and O–H groups in total.